The van der Waals surface area contributed by atoms with E-state index in [1.807, 2.05) is 12.3 Å². The van der Waals surface area contributed by atoms with Crippen molar-refractivity contribution in [1.82, 2.24) is 14.9 Å². The van der Waals surface area contributed by atoms with Crippen molar-refractivity contribution in [2.75, 3.05) is 30.3 Å². The third-order valence-corrected chi connectivity index (χ3v) is 5.57. The standard InChI is InChI=1S/C25H29N5/c1-3-30(4-2)24-10-8-19(16-28-24)14-20-6-5-13-29(17-20)18-21-7-9-23-22(15-21)11-12-27-25(23)26/h5-12,15-17H,3-4,13-14,18H2,1-2H3,(H2,26,27). The van der Waals surface area contributed by atoms with E-state index in [-0.39, 0.29) is 0 Å². The highest BCUT2D eigenvalue weighted by Crippen LogP contribution is 2.22. The number of fused-ring (bicyclic) bond motifs is 1. The van der Waals surface area contributed by atoms with Gasteiger partial charge in [0.1, 0.15) is 11.6 Å². The van der Waals surface area contributed by atoms with Crippen LogP contribution in [0.5, 0.6) is 0 Å². The van der Waals surface area contributed by atoms with Gasteiger partial charge < -0.3 is 15.5 Å². The number of hydrogen-bond acceptors (Lipinski definition) is 5. The Labute approximate surface area is 178 Å². The summed E-state index contributed by atoms with van der Waals surface area (Å²) in [4.78, 5) is 13.4. The summed E-state index contributed by atoms with van der Waals surface area (Å²) >= 11 is 0. The van der Waals surface area contributed by atoms with E-state index in [1.54, 1.807) is 6.20 Å². The first-order valence-corrected chi connectivity index (χ1v) is 10.6. The number of nitrogens with two attached hydrogens (primary N) is 1. The maximum atomic E-state index is 5.98. The van der Waals surface area contributed by atoms with Crippen LogP contribution < -0.4 is 10.6 Å². The van der Waals surface area contributed by atoms with E-state index < -0.39 is 0 Å². The van der Waals surface area contributed by atoms with Gasteiger partial charge in [0.15, 0.2) is 0 Å². The topological polar surface area (TPSA) is 58.3 Å². The summed E-state index contributed by atoms with van der Waals surface area (Å²) in [6, 6.07) is 12.7. The van der Waals surface area contributed by atoms with Crippen molar-refractivity contribution in [1.29, 1.82) is 0 Å². The third-order valence-electron chi connectivity index (χ3n) is 5.57. The Morgan fingerprint density at radius 2 is 1.87 bits per heavy atom. The molecular weight excluding hydrogens is 370 g/mol. The highest BCUT2D eigenvalue weighted by molar-refractivity contribution is 5.91. The molecule has 0 spiro atoms. The largest absolute Gasteiger partial charge is 0.383 e. The van der Waals surface area contributed by atoms with Crippen molar-refractivity contribution in [3.63, 3.8) is 0 Å². The van der Waals surface area contributed by atoms with Gasteiger partial charge in [-0.05, 0) is 54.1 Å². The van der Waals surface area contributed by atoms with Crippen LogP contribution in [0, 0.1) is 0 Å². The molecule has 0 saturated heterocycles. The van der Waals surface area contributed by atoms with Crippen LogP contribution in [0.25, 0.3) is 10.8 Å². The fraction of sp³-hybridized carbons (Fsp3) is 0.280. The summed E-state index contributed by atoms with van der Waals surface area (Å²) in [5, 5.41) is 2.15. The fourth-order valence-corrected chi connectivity index (χ4v) is 3.96. The van der Waals surface area contributed by atoms with E-state index in [1.165, 1.54) is 16.7 Å². The minimum absolute atomic E-state index is 0.586. The van der Waals surface area contributed by atoms with Gasteiger partial charge >= 0.3 is 0 Å². The van der Waals surface area contributed by atoms with Crippen LogP contribution in [0.1, 0.15) is 25.0 Å². The normalized spacial score (nSPS) is 13.5. The van der Waals surface area contributed by atoms with Crippen LogP contribution in [-0.2, 0) is 13.0 Å². The average Bonchev–Trinajstić information content (AvgIpc) is 2.76. The van der Waals surface area contributed by atoms with E-state index in [0.29, 0.717) is 5.82 Å². The van der Waals surface area contributed by atoms with Crippen LogP contribution in [-0.4, -0.2) is 34.5 Å². The number of hydrogen-bond donors (Lipinski definition) is 1. The van der Waals surface area contributed by atoms with Crippen molar-refractivity contribution >= 4 is 22.4 Å². The molecule has 0 saturated carbocycles. The van der Waals surface area contributed by atoms with Gasteiger partial charge in [-0.15, -0.1) is 0 Å². The van der Waals surface area contributed by atoms with Gasteiger partial charge in [-0.25, -0.2) is 9.97 Å². The second kappa shape index (κ2) is 8.99. The second-order valence-corrected chi connectivity index (χ2v) is 7.66. The lowest BCUT2D eigenvalue weighted by atomic mass is 10.0. The van der Waals surface area contributed by atoms with Crippen LogP contribution in [0.2, 0.25) is 0 Å². The molecule has 0 amide bonds. The molecule has 5 nitrogen and oxygen atoms in total. The van der Waals surface area contributed by atoms with Gasteiger partial charge in [-0.3, -0.25) is 0 Å². The summed E-state index contributed by atoms with van der Waals surface area (Å²) in [7, 11) is 0. The lowest BCUT2D eigenvalue weighted by Crippen LogP contribution is -2.22. The summed E-state index contributed by atoms with van der Waals surface area (Å²) < 4.78 is 0. The SMILES string of the molecule is CCN(CC)c1ccc(CC2=CN(Cc3ccc4c(N)nccc4c3)CC=C2)cn1. The predicted molar refractivity (Wildman–Crippen MR) is 125 cm³/mol. The molecule has 3 heterocycles. The highest BCUT2D eigenvalue weighted by Gasteiger charge is 2.09. The van der Waals surface area contributed by atoms with Gasteiger partial charge in [0.2, 0.25) is 0 Å². The van der Waals surface area contributed by atoms with Crippen LogP contribution in [0.15, 0.2) is 72.7 Å². The first-order chi connectivity index (χ1) is 14.7. The molecular formula is C25H29N5. The number of nitrogens with zero attached hydrogens (tertiary/aromatic N) is 4. The van der Waals surface area contributed by atoms with Crippen molar-refractivity contribution in [3.8, 4) is 0 Å². The zero-order valence-corrected chi connectivity index (χ0v) is 17.8. The molecule has 4 rings (SSSR count). The molecule has 0 fully saturated rings. The van der Waals surface area contributed by atoms with E-state index in [4.69, 9.17) is 5.73 Å². The molecule has 0 atom stereocenters. The number of pyridine rings is 2. The van der Waals surface area contributed by atoms with Crippen molar-refractivity contribution in [3.05, 3.63) is 83.8 Å². The van der Waals surface area contributed by atoms with Crippen molar-refractivity contribution < 1.29 is 0 Å². The molecule has 1 aromatic carbocycles. The predicted octanol–water partition coefficient (Wildman–Crippen LogP) is 4.56. The number of nitrogen functional groups attached to an aromatic ring is 1. The Morgan fingerprint density at radius 3 is 2.63 bits per heavy atom. The average molecular weight is 400 g/mol. The zero-order chi connectivity index (χ0) is 20.9. The Bertz CT molecular complexity index is 1060. The molecule has 30 heavy (non-hydrogen) atoms. The van der Waals surface area contributed by atoms with Gasteiger partial charge in [0, 0.05) is 56.6 Å². The van der Waals surface area contributed by atoms with E-state index in [9.17, 15) is 0 Å². The molecule has 1 aliphatic rings. The number of anilines is 2. The molecule has 0 radical (unpaired) electrons. The minimum Gasteiger partial charge on any atom is -0.383 e. The molecule has 0 bridgehead atoms. The van der Waals surface area contributed by atoms with Gasteiger partial charge in [0.05, 0.1) is 0 Å². The van der Waals surface area contributed by atoms with E-state index >= 15 is 0 Å². The molecule has 154 valence electrons. The maximum Gasteiger partial charge on any atom is 0.131 e. The van der Waals surface area contributed by atoms with Crippen molar-refractivity contribution in [2.24, 2.45) is 0 Å². The second-order valence-electron chi connectivity index (χ2n) is 7.66. The summed E-state index contributed by atoms with van der Waals surface area (Å²) in [5.74, 6) is 1.63. The molecule has 0 unspecified atom stereocenters. The third kappa shape index (κ3) is 4.46. The smallest absolute Gasteiger partial charge is 0.131 e. The molecule has 2 aromatic heterocycles. The number of allylic oxidation sites excluding steroid dienone is 2. The number of benzene rings is 1. The summed E-state index contributed by atoms with van der Waals surface area (Å²) in [6.45, 7) is 8.05. The molecule has 3 aromatic rings. The highest BCUT2D eigenvalue weighted by atomic mass is 15.2. The van der Waals surface area contributed by atoms with Gasteiger partial charge in [-0.1, -0.05) is 30.4 Å². The van der Waals surface area contributed by atoms with E-state index in [2.05, 4.69) is 82.3 Å². The Morgan fingerprint density at radius 1 is 1.03 bits per heavy atom. The van der Waals surface area contributed by atoms with Crippen LogP contribution in [0.4, 0.5) is 11.6 Å². The molecule has 5 heteroatoms. The first kappa shape index (κ1) is 20.0. The van der Waals surface area contributed by atoms with E-state index in [0.717, 1.165) is 49.2 Å². The summed E-state index contributed by atoms with van der Waals surface area (Å²) in [6.07, 6.45) is 11.4. The van der Waals surface area contributed by atoms with Crippen LogP contribution >= 0.6 is 0 Å². The Kier molecular flexibility index (Phi) is 5.98. The lowest BCUT2D eigenvalue weighted by molar-refractivity contribution is 0.401. The molecule has 0 aliphatic carbocycles. The van der Waals surface area contributed by atoms with Gasteiger partial charge in [-0.2, -0.15) is 0 Å². The first-order valence-electron chi connectivity index (χ1n) is 10.6. The van der Waals surface area contributed by atoms with Crippen molar-refractivity contribution in [2.45, 2.75) is 26.8 Å². The monoisotopic (exact) mass is 399 g/mol. The van der Waals surface area contributed by atoms with Gasteiger partial charge in [0.25, 0.3) is 0 Å². The maximum absolute atomic E-state index is 5.98. The number of rotatable bonds is 7. The summed E-state index contributed by atoms with van der Waals surface area (Å²) in [5.41, 5.74) is 9.78. The quantitative estimate of drug-likeness (QED) is 0.631. The number of aromatic nitrogens is 2. The molecule has 1 aliphatic heterocycles. The Balaban J connectivity index is 1.44. The minimum atomic E-state index is 0.586. The lowest BCUT2D eigenvalue weighted by Gasteiger charge is -2.24. The van der Waals surface area contributed by atoms with Crippen LogP contribution in [0.3, 0.4) is 0 Å². The molecule has 2 N–H and O–H groups in total. The fourth-order valence-electron chi connectivity index (χ4n) is 3.96. The Hall–Kier alpha value is -3.34. The zero-order valence-electron chi connectivity index (χ0n) is 17.8.